The summed E-state index contributed by atoms with van der Waals surface area (Å²) in [5, 5.41) is 0. The Morgan fingerprint density at radius 2 is 1.65 bits per heavy atom. The Hall–Kier alpha value is -1.31. The van der Waals surface area contributed by atoms with Gasteiger partial charge in [-0.05, 0) is 37.8 Å². The molecule has 17 heavy (non-hydrogen) atoms. The highest BCUT2D eigenvalue weighted by molar-refractivity contribution is 5.78. The van der Waals surface area contributed by atoms with E-state index < -0.39 is 0 Å². The summed E-state index contributed by atoms with van der Waals surface area (Å²) < 4.78 is 4.97. The quantitative estimate of drug-likeness (QED) is 0.739. The number of Topliss-reactive ketones (excluding diaryl/α,β-unsaturated/α-hetero) is 1. The molecule has 0 atom stereocenters. The molecular weight excluding hydrogens is 212 g/mol. The number of hydrogen-bond donors (Lipinski definition) is 0. The third-order valence-corrected chi connectivity index (χ3v) is 3.09. The van der Waals surface area contributed by atoms with Gasteiger partial charge >= 0.3 is 0 Å². The van der Waals surface area contributed by atoms with Gasteiger partial charge in [0, 0.05) is 12.8 Å². The van der Waals surface area contributed by atoms with E-state index in [0.717, 1.165) is 37.4 Å². The van der Waals surface area contributed by atoms with Gasteiger partial charge in [0.15, 0.2) is 0 Å². The number of carbonyl (C=O) groups excluding carboxylic acids is 1. The van der Waals surface area contributed by atoms with Crippen LogP contribution in [0.1, 0.15) is 38.2 Å². The second-order valence-electron chi connectivity index (χ2n) is 4.74. The van der Waals surface area contributed by atoms with Crippen LogP contribution in [0.2, 0.25) is 0 Å². The maximum atomic E-state index is 10.6. The smallest absolute Gasteiger partial charge is 0.132 e. The van der Waals surface area contributed by atoms with Gasteiger partial charge in [-0.25, -0.2) is 0 Å². The lowest BCUT2D eigenvalue weighted by molar-refractivity contribution is -0.120. The zero-order valence-electron chi connectivity index (χ0n) is 11.0. The maximum Gasteiger partial charge on any atom is 0.132 e. The molecule has 1 aromatic carbocycles. The van der Waals surface area contributed by atoms with Crippen molar-refractivity contribution in [3.05, 3.63) is 29.8 Å². The highest BCUT2D eigenvalue weighted by Crippen LogP contribution is 2.19. The topological polar surface area (TPSA) is 26.3 Å². The van der Waals surface area contributed by atoms with E-state index >= 15 is 0 Å². The van der Waals surface area contributed by atoms with Gasteiger partial charge < -0.3 is 4.74 Å². The van der Waals surface area contributed by atoms with Crippen molar-refractivity contribution in [3.63, 3.8) is 0 Å². The zero-order valence-corrected chi connectivity index (χ0v) is 11.0. The molecule has 1 fully saturated rings. The Balaban J connectivity index is 0.000000171. The minimum atomic E-state index is 0.461. The summed E-state index contributed by atoms with van der Waals surface area (Å²) in [4.78, 5) is 10.6. The predicted octanol–water partition coefficient (Wildman–Crippen LogP) is 3.77. The van der Waals surface area contributed by atoms with Crippen LogP contribution in [0.4, 0.5) is 0 Å². The molecular formula is C15H22O2. The van der Waals surface area contributed by atoms with Gasteiger partial charge in [0.1, 0.15) is 11.5 Å². The van der Waals surface area contributed by atoms with E-state index in [1.807, 2.05) is 24.3 Å². The molecule has 0 saturated heterocycles. The molecule has 0 aromatic heterocycles. The number of benzene rings is 1. The molecule has 0 bridgehead atoms. The van der Waals surface area contributed by atoms with Crippen molar-refractivity contribution >= 4 is 5.78 Å². The van der Waals surface area contributed by atoms with Crippen LogP contribution in [-0.2, 0) is 4.79 Å². The Morgan fingerprint density at radius 3 is 2.06 bits per heavy atom. The Kier molecular flexibility index (Phi) is 5.75. The van der Waals surface area contributed by atoms with Crippen LogP contribution in [0.5, 0.6) is 5.75 Å². The lowest BCUT2D eigenvalue weighted by atomic mass is 9.90. The number of ether oxygens (including phenoxy) is 1. The molecule has 1 aliphatic rings. The summed E-state index contributed by atoms with van der Waals surface area (Å²) in [5.74, 6) is 2.18. The first-order chi connectivity index (χ1) is 8.11. The zero-order chi connectivity index (χ0) is 12.7. The number of methoxy groups -OCH3 is 1. The van der Waals surface area contributed by atoms with Crippen molar-refractivity contribution in [2.75, 3.05) is 7.11 Å². The lowest BCUT2D eigenvalue weighted by Gasteiger charge is -2.14. The van der Waals surface area contributed by atoms with Gasteiger partial charge in [0.05, 0.1) is 7.11 Å². The molecule has 2 heteroatoms. The predicted molar refractivity (Wildman–Crippen MR) is 70.4 cm³/mol. The summed E-state index contributed by atoms with van der Waals surface area (Å²) in [6.45, 7) is 4.27. The molecule has 1 aliphatic carbocycles. The second kappa shape index (κ2) is 7.10. The van der Waals surface area contributed by atoms with Crippen LogP contribution in [0.3, 0.4) is 0 Å². The molecule has 2 nitrogen and oxygen atoms in total. The molecule has 2 rings (SSSR count). The maximum absolute atomic E-state index is 10.6. The van der Waals surface area contributed by atoms with Crippen LogP contribution in [0.25, 0.3) is 0 Å². The van der Waals surface area contributed by atoms with Crippen LogP contribution in [0, 0.1) is 12.8 Å². The van der Waals surface area contributed by atoms with Crippen molar-refractivity contribution in [1.82, 2.24) is 0 Å². The number of hydrogen-bond acceptors (Lipinski definition) is 2. The van der Waals surface area contributed by atoms with Gasteiger partial charge in [-0.1, -0.05) is 24.6 Å². The van der Waals surface area contributed by atoms with E-state index in [2.05, 4.69) is 13.8 Å². The third kappa shape index (κ3) is 5.53. The third-order valence-electron chi connectivity index (χ3n) is 3.09. The van der Waals surface area contributed by atoms with Gasteiger partial charge in [0.25, 0.3) is 0 Å². The van der Waals surface area contributed by atoms with E-state index in [1.54, 1.807) is 7.11 Å². The fourth-order valence-corrected chi connectivity index (χ4v) is 1.76. The first-order valence-electron chi connectivity index (χ1n) is 6.24. The molecule has 0 amide bonds. The highest BCUT2D eigenvalue weighted by Gasteiger charge is 2.13. The summed E-state index contributed by atoms with van der Waals surface area (Å²) in [6, 6.07) is 7.96. The average Bonchev–Trinajstić information content (AvgIpc) is 2.35. The monoisotopic (exact) mass is 234 g/mol. The fourth-order valence-electron chi connectivity index (χ4n) is 1.76. The Labute approximate surface area is 104 Å². The molecule has 0 unspecified atom stereocenters. The van der Waals surface area contributed by atoms with Crippen LogP contribution >= 0.6 is 0 Å². The van der Waals surface area contributed by atoms with Crippen LogP contribution < -0.4 is 4.74 Å². The van der Waals surface area contributed by atoms with Crippen molar-refractivity contribution in [3.8, 4) is 5.75 Å². The summed E-state index contributed by atoms with van der Waals surface area (Å²) in [6.07, 6.45) is 3.92. The number of rotatable bonds is 1. The van der Waals surface area contributed by atoms with Gasteiger partial charge in [0.2, 0.25) is 0 Å². The van der Waals surface area contributed by atoms with E-state index in [9.17, 15) is 4.79 Å². The van der Waals surface area contributed by atoms with Gasteiger partial charge in [-0.2, -0.15) is 0 Å². The van der Waals surface area contributed by atoms with Crippen LogP contribution in [-0.4, -0.2) is 12.9 Å². The second-order valence-corrected chi connectivity index (χ2v) is 4.74. The molecule has 1 aromatic rings. The normalized spacial score (nSPS) is 16.1. The Morgan fingerprint density at radius 1 is 1.12 bits per heavy atom. The molecule has 0 aliphatic heterocycles. The largest absolute Gasteiger partial charge is 0.497 e. The molecule has 0 spiro atoms. The summed E-state index contributed by atoms with van der Waals surface area (Å²) in [7, 11) is 1.67. The van der Waals surface area contributed by atoms with E-state index in [-0.39, 0.29) is 0 Å². The summed E-state index contributed by atoms with van der Waals surface area (Å²) in [5.41, 5.74) is 1.26. The first-order valence-corrected chi connectivity index (χ1v) is 6.24. The first kappa shape index (κ1) is 13.8. The minimum Gasteiger partial charge on any atom is -0.497 e. The van der Waals surface area contributed by atoms with Crippen molar-refractivity contribution in [2.24, 2.45) is 5.92 Å². The molecule has 0 N–H and O–H groups in total. The van der Waals surface area contributed by atoms with Crippen LogP contribution in [0.15, 0.2) is 24.3 Å². The van der Waals surface area contributed by atoms with Crippen molar-refractivity contribution in [1.29, 1.82) is 0 Å². The molecule has 94 valence electrons. The number of aryl methyl sites for hydroxylation is 1. The van der Waals surface area contributed by atoms with E-state index in [0.29, 0.717) is 5.78 Å². The summed E-state index contributed by atoms with van der Waals surface area (Å²) >= 11 is 0. The average molecular weight is 234 g/mol. The Bertz CT molecular complexity index is 330. The van der Waals surface area contributed by atoms with Crippen molar-refractivity contribution in [2.45, 2.75) is 39.5 Å². The standard InChI is InChI=1S/C8H10O.C7H12O/c1-7-3-5-8(9-2)6-4-7;1-6-2-4-7(8)5-3-6/h3-6H,1-2H3;6H,2-5H2,1H3. The number of carbonyl (C=O) groups is 1. The SMILES string of the molecule is CC1CCC(=O)CC1.COc1ccc(C)cc1. The molecule has 0 heterocycles. The highest BCUT2D eigenvalue weighted by atomic mass is 16.5. The molecule has 0 radical (unpaired) electrons. The fraction of sp³-hybridized carbons (Fsp3) is 0.533. The minimum absolute atomic E-state index is 0.461. The molecule has 1 saturated carbocycles. The van der Waals surface area contributed by atoms with Gasteiger partial charge in [-0.15, -0.1) is 0 Å². The lowest BCUT2D eigenvalue weighted by Crippen LogP contribution is -2.10. The van der Waals surface area contributed by atoms with E-state index in [4.69, 9.17) is 4.74 Å². The van der Waals surface area contributed by atoms with Crippen molar-refractivity contribution < 1.29 is 9.53 Å². The van der Waals surface area contributed by atoms with E-state index in [1.165, 1.54) is 5.56 Å². The number of ketones is 1. The van der Waals surface area contributed by atoms with Gasteiger partial charge in [-0.3, -0.25) is 4.79 Å².